The van der Waals surface area contributed by atoms with E-state index in [2.05, 4.69) is 39.1 Å². The second-order valence-electron chi connectivity index (χ2n) is 8.99. The molecule has 0 fully saturated rings. The maximum atomic E-state index is 12.7. The Hall–Kier alpha value is -3.32. The number of carbonyl (C=O) groups excluding carboxylic acids is 1. The van der Waals surface area contributed by atoms with Crippen LogP contribution in [0.3, 0.4) is 0 Å². The summed E-state index contributed by atoms with van der Waals surface area (Å²) in [5, 5.41) is 0. The number of H-pyrrole nitrogens is 1. The number of fused-ring (bicyclic) bond motifs is 1. The fourth-order valence-corrected chi connectivity index (χ4v) is 4.96. The zero-order valence-electron chi connectivity index (χ0n) is 21.4. The average molecular weight is 477 g/mol. The van der Waals surface area contributed by atoms with E-state index in [-0.39, 0.29) is 11.9 Å². The van der Waals surface area contributed by atoms with Crippen LogP contribution in [0.4, 0.5) is 0 Å². The molecule has 1 aliphatic rings. The van der Waals surface area contributed by atoms with Gasteiger partial charge in [0.15, 0.2) is 11.5 Å². The number of amides is 1. The van der Waals surface area contributed by atoms with Gasteiger partial charge < -0.3 is 19.4 Å². The predicted molar refractivity (Wildman–Crippen MR) is 137 cm³/mol. The number of rotatable bonds is 9. The van der Waals surface area contributed by atoms with Crippen molar-refractivity contribution in [3.8, 4) is 11.5 Å². The monoisotopic (exact) mass is 476 g/mol. The summed E-state index contributed by atoms with van der Waals surface area (Å²) in [6, 6.07) is 12.5. The Morgan fingerprint density at radius 3 is 2.40 bits per heavy atom. The highest BCUT2D eigenvalue weighted by Gasteiger charge is 2.30. The van der Waals surface area contributed by atoms with Gasteiger partial charge in [0.2, 0.25) is 0 Å². The number of benzene rings is 2. The Labute approximate surface area is 208 Å². The fraction of sp³-hybridized carbons (Fsp3) is 0.429. The van der Waals surface area contributed by atoms with Crippen molar-refractivity contribution in [1.29, 1.82) is 0 Å². The molecule has 0 spiro atoms. The number of imidazole rings is 1. The predicted octanol–water partition coefficient (Wildman–Crippen LogP) is 4.56. The van der Waals surface area contributed by atoms with Gasteiger partial charge in [0, 0.05) is 37.8 Å². The molecule has 0 aliphatic carbocycles. The van der Waals surface area contributed by atoms with Crippen LogP contribution in [0, 0.1) is 6.92 Å². The molecule has 1 unspecified atom stereocenters. The topological polar surface area (TPSA) is 70.7 Å². The second kappa shape index (κ2) is 11.0. The van der Waals surface area contributed by atoms with Crippen LogP contribution in [0.2, 0.25) is 0 Å². The summed E-state index contributed by atoms with van der Waals surface area (Å²) >= 11 is 0. The molecule has 0 bridgehead atoms. The third-order valence-corrected chi connectivity index (χ3v) is 7.09. The van der Waals surface area contributed by atoms with Crippen molar-refractivity contribution < 1.29 is 14.3 Å². The van der Waals surface area contributed by atoms with Crippen molar-refractivity contribution in [2.24, 2.45) is 0 Å². The van der Waals surface area contributed by atoms with Gasteiger partial charge in [0.25, 0.3) is 5.91 Å². The molecule has 2 aromatic carbocycles. The number of aromatic amines is 1. The zero-order valence-corrected chi connectivity index (χ0v) is 21.4. The summed E-state index contributed by atoms with van der Waals surface area (Å²) in [4.78, 5) is 24.8. The number of nitrogens with zero attached hydrogens (tertiary/aromatic N) is 3. The molecule has 7 heteroatoms. The third kappa shape index (κ3) is 5.20. The Balaban J connectivity index is 1.66. The normalized spacial score (nSPS) is 15.5. The van der Waals surface area contributed by atoms with Crippen LogP contribution in [0.25, 0.3) is 0 Å². The van der Waals surface area contributed by atoms with Crippen molar-refractivity contribution in [2.75, 3.05) is 33.9 Å². The fourth-order valence-electron chi connectivity index (χ4n) is 4.96. The first-order valence-corrected chi connectivity index (χ1v) is 12.3. The van der Waals surface area contributed by atoms with Crippen LogP contribution in [-0.2, 0) is 19.4 Å². The summed E-state index contributed by atoms with van der Waals surface area (Å²) in [6.45, 7) is 9.21. The highest BCUT2D eigenvalue weighted by Crippen LogP contribution is 2.40. The lowest BCUT2D eigenvalue weighted by Crippen LogP contribution is -2.36. The van der Waals surface area contributed by atoms with Gasteiger partial charge in [0.1, 0.15) is 0 Å². The highest BCUT2D eigenvalue weighted by atomic mass is 16.5. The van der Waals surface area contributed by atoms with Crippen LogP contribution >= 0.6 is 0 Å². The van der Waals surface area contributed by atoms with E-state index in [4.69, 9.17) is 9.47 Å². The molecule has 0 radical (unpaired) electrons. The van der Waals surface area contributed by atoms with Crippen molar-refractivity contribution in [3.63, 3.8) is 0 Å². The van der Waals surface area contributed by atoms with Crippen LogP contribution in [0.5, 0.6) is 11.5 Å². The second-order valence-corrected chi connectivity index (χ2v) is 8.99. The van der Waals surface area contributed by atoms with Crippen molar-refractivity contribution in [3.05, 3.63) is 76.4 Å². The van der Waals surface area contributed by atoms with E-state index in [1.54, 1.807) is 20.5 Å². The number of nitrogens with one attached hydrogen (secondary N) is 1. The van der Waals surface area contributed by atoms with Crippen LogP contribution in [-0.4, -0.2) is 59.5 Å². The SMILES string of the molecule is CCN(CC)C(=O)c1ccc(CC2c3cc(OC)c(OC)cc3CCN2Cc2[nH]cnc2C)cc1. The van der Waals surface area contributed by atoms with Gasteiger partial charge in [-0.2, -0.15) is 0 Å². The quantitative estimate of drug-likeness (QED) is 0.490. The zero-order chi connectivity index (χ0) is 24.9. The van der Waals surface area contributed by atoms with Crippen molar-refractivity contribution in [1.82, 2.24) is 19.8 Å². The summed E-state index contributed by atoms with van der Waals surface area (Å²) in [5.41, 5.74) is 6.64. The first-order valence-electron chi connectivity index (χ1n) is 12.3. The standard InChI is InChI=1S/C28H36N4O3/c1-6-31(7-2)28(33)21-10-8-20(9-11-21)14-25-23-16-27(35-5)26(34-4)15-22(23)12-13-32(25)17-24-19(3)29-18-30-24/h8-11,15-16,18,25H,6-7,12-14,17H2,1-5H3,(H,29,30). The van der Waals surface area contributed by atoms with E-state index >= 15 is 0 Å². The molecule has 1 aliphatic heterocycles. The molecule has 1 aromatic heterocycles. The van der Waals surface area contributed by atoms with E-state index in [0.717, 1.165) is 54.4 Å². The van der Waals surface area contributed by atoms with Gasteiger partial charge >= 0.3 is 0 Å². The average Bonchev–Trinajstić information content (AvgIpc) is 3.29. The molecule has 1 atom stereocenters. The maximum absolute atomic E-state index is 12.7. The molecule has 3 aromatic rings. The minimum Gasteiger partial charge on any atom is -0.493 e. The van der Waals surface area contributed by atoms with E-state index in [1.165, 1.54) is 16.7 Å². The van der Waals surface area contributed by atoms with Gasteiger partial charge in [0.05, 0.1) is 31.9 Å². The molecule has 35 heavy (non-hydrogen) atoms. The Kier molecular flexibility index (Phi) is 7.76. The maximum Gasteiger partial charge on any atom is 0.253 e. The van der Waals surface area contributed by atoms with Crippen molar-refractivity contribution >= 4 is 5.91 Å². The number of ether oxygens (including phenoxy) is 2. The Bertz CT molecular complexity index is 1150. The summed E-state index contributed by atoms with van der Waals surface area (Å²) < 4.78 is 11.2. The molecule has 4 rings (SSSR count). The molecule has 0 saturated heterocycles. The first kappa shape index (κ1) is 24.8. The number of hydrogen-bond donors (Lipinski definition) is 1. The first-order chi connectivity index (χ1) is 17.0. The summed E-state index contributed by atoms with van der Waals surface area (Å²) in [5.74, 6) is 1.59. The largest absolute Gasteiger partial charge is 0.493 e. The molecule has 0 saturated carbocycles. The lowest BCUT2D eigenvalue weighted by molar-refractivity contribution is 0.0773. The Morgan fingerprint density at radius 1 is 1.11 bits per heavy atom. The van der Waals surface area contributed by atoms with Crippen molar-refractivity contribution in [2.45, 2.75) is 46.2 Å². The summed E-state index contributed by atoms with van der Waals surface area (Å²) in [6.07, 6.45) is 3.53. The van der Waals surface area contributed by atoms with Gasteiger partial charge in [-0.15, -0.1) is 0 Å². The molecular weight excluding hydrogens is 440 g/mol. The minimum absolute atomic E-state index is 0.0812. The molecule has 2 heterocycles. The van der Waals surface area contributed by atoms with E-state index < -0.39 is 0 Å². The lowest BCUT2D eigenvalue weighted by atomic mass is 9.87. The van der Waals surface area contributed by atoms with Crippen LogP contribution in [0.15, 0.2) is 42.7 Å². The van der Waals surface area contributed by atoms with Crippen LogP contribution < -0.4 is 9.47 Å². The van der Waals surface area contributed by atoms with Gasteiger partial charge in [-0.25, -0.2) is 4.98 Å². The third-order valence-electron chi connectivity index (χ3n) is 7.09. The number of aryl methyl sites for hydroxylation is 1. The van der Waals surface area contributed by atoms with Gasteiger partial charge in [-0.3, -0.25) is 9.69 Å². The molecule has 186 valence electrons. The highest BCUT2D eigenvalue weighted by molar-refractivity contribution is 5.94. The van der Waals surface area contributed by atoms with Crippen LogP contribution in [0.1, 0.15) is 58.3 Å². The number of methoxy groups -OCH3 is 2. The molecule has 1 amide bonds. The van der Waals surface area contributed by atoms with Gasteiger partial charge in [-0.1, -0.05) is 12.1 Å². The smallest absolute Gasteiger partial charge is 0.253 e. The Morgan fingerprint density at radius 2 is 1.80 bits per heavy atom. The van der Waals surface area contributed by atoms with Gasteiger partial charge in [-0.05, 0) is 74.6 Å². The number of hydrogen-bond acceptors (Lipinski definition) is 5. The van der Waals surface area contributed by atoms with E-state index in [1.807, 2.05) is 37.8 Å². The number of carbonyl (C=O) groups is 1. The number of aromatic nitrogens is 2. The van der Waals surface area contributed by atoms with E-state index in [9.17, 15) is 4.79 Å². The summed E-state index contributed by atoms with van der Waals surface area (Å²) in [7, 11) is 3.36. The lowest BCUT2D eigenvalue weighted by Gasteiger charge is -2.38. The minimum atomic E-state index is 0.0812. The van der Waals surface area contributed by atoms with E-state index in [0.29, 0.717) is 13.1 Å². The molecule has 7 nitrogen and oxygen atoms in total. The molecular formula is C28H36N4O3. The molecule has 1 N–H and O–H groups in total.